The second kappa shape index (κ2) is 9.78. The standard InChI is InChI=1S/C24H26O6/c1-2-22(25)27-13-11-26-12-14-28-23-18-7-3-5-9-20(18)24(30-16-17-15-29-17)21-10-6-4-8-19(21)23/h2-7,9,17H,1,8,10-16H2. The predicted molar refractivity (Wildman–Crippen MR) is 113 cm³/mol. The van der Waals surface area contributed by atoms with Gasteiger partial charge in [0.15, 0.2) is 0 Å². The van der Waals surface area contributed by atoms with Crippen LogP contribution >= 0.6 is 0 Å². The van der Waals surface area contributed by atoms with Gasteiger partial charge in [-0.05, 0) is 12.8 Å². The molecular formula is C24H26O6. The summed E-state index contributed by atoms with van der Waals surface area (Å²) in [5, 5.41) is 2.10. The largest absolute Gasteiger partial charge is 0.490 e. The molecule has 158 valence electrons. The van der Waals surface area contributed by atoms with Crippen LogP contribution in [0.2, 0.25) is 0 Å². The average Bonchev–Trinajstić information content (AvgIpc) is 3.61. The van der Waals surface area contributed by atoms with E-state index in [-0.39, 0.29) is 12.7 Å². The lowest BCUT2D eigenvalue weighted by molar-refractivity contribution is -0.139. The molecule has 0 radical (unpaired) electrons. The van der Waals surface area contributed by atoms with Crippen molar-refractivity contribution in [3.63, 3.8) is 0 Å². The van der Waals surface area contributed by atoms with Crippen LogP contribution in [0.3, 0.4) is 0 Å². The van der Waals surface area contributed by atoms with Gasteiger partial charge < -0.3 is 23.7 Å². The predicted octanol–water partition coefficient (Wildman–Crippen LogP) is 3.40. The number of hydrogen-bond acceptors (Lipinski definition) is 6. The molecule has 1 aliphatic heterocycles. The maximum absolute atomic E-state index is 11.0. The molecule has 1 unspecified atom stereocenters. The van der Waals surface area contributed by atoms with Crippen LogP contribution in [-0.2, 0) is 31.8 Å². The van der Waals surface area contributed by atoms with Gasteiger partial charge in [0, 0.05) is 28.0 Å². The molecule has 1 fully saturated rings. The van der Waals surface area contributed by atoms with E-state index in [1.165, 1.54) is 11.1 Å². The Labute approximate surface area is 176 Å². The number of rotatable bonds is 11. The highest BCUT2D eigenvalue weighted by atomic mass is 16.6. The fourth-order valence-electron chi connectivity index (χ4n) is 3.55. The van der Waals surface area contributed by atoms with Crippen molar-refractivity contribution in [1.29, 1.82) is 0 Å². The number of allylic oxidation sites excluding steroid dienone is 2. The highest BCUT2D eigenvalue weighted by Gasteiger charge is 2.26. The first-order valence-electron chi connectivity index (χ1n) is 10.2. The molecule has 4 rings (SSSR count). The molecule has 6 heteroatoms. The molecule has 0 aromatic heterocycles. The number of epoxide rings is 1. The molecule has 2 aliphatic rings. The van der Waals surface area contributed by atoms with E-state index in [4.69, 9.17) is 23.7 Å². The highest BCUT2D eigenvalue weighted by Crippen LogP contribution is 2.43. The van der Waals surface area contributed by atoms with Gasteiger partial charge in [0.1, 0.15) is 37.4 Å². The lowest BCUT2D eigenvalue weighted by atomic mass is 9.90. The molecule has 2 aromatic carbocycles. The molecule has 0 saturated carbocycles. The van der Waals surface area contributed by atoms with Crippen LogP contribution < -0.4 is 9.47 Å². The molecule has 30 heavy (non-hydrogen) atoms. The molecule has 1 atom stereocenters. The van der Waals surface area contributed by atoms with Crippen molar-refractivity contribution < 1.29 is 28.5 Å². The van der Waals surface area contributed by atoms with Crippen LogP contribution in [0.4, 0.5) is 0 Å². The smallest absolute Gasteiger partial charge is 0.330 e. The summed E-state index contributed by atoms with van der Waals surface area (Å²) in [4.78, 5) is 11.0. The van der Waals surface area contributed by atoms with Gasteiger partial charge in [0.05, 0.1) is 19.8 Å². The van der Waals surface area contributed by atoms with Crippen LogP contribution in [0.25, 0.3) is 10.8 Å². The third-order valence-electron chi connectivity index (χ3n) is 5.07. The number of fused-ring (bicyclic) bond motifs is 2. The van der Waals surface area contributed by atoms with Gasteiger partial charge in [0.25, 0.3) is 0 Å². The number of benzene rings is 2. The molecular weight excluding hydrogens is 384 g/mol. The first kappa shape index (κ1) is 20.4. The summed E-state index contributed by atoms with van der Waals surface area (Å²) in [5.74, 6) is 1.38. The van der Waals surface area contributed by atoms with E-state index < -0.39 is 5.97 Å². The normalized spacial score (nSPS) is 16.7. The SMILES string of the molecule is C=CC(=O)OCCOCCOc1c2c(c(OCC3CO3)c3ccccc13)CC=CC2. The Morgan fingerprint density at radius 1 is 1.00 bits per heavy atom. The van der Waals surface area contributed by atoms with Crippen LogP contribution in [0.15, 0.2) is 49.1 Å². The summed E-state index contributed by atoms with van der Waals surface area (Å²) in [6.45, 7) is 6.03. The number of ether oxygens (including phenoxy) is 5. The molecule has 0 N–H and O–H groups in total. The average molecular weight is 410 g/mol. The Balaban J connectivity index is 1.47. The van der Waals surface area contributed by atoms with E-state index in [2.05, 4.69) is 30.9 Å². The van der Waals surface area contributed by atoms with E-state index in [0.29, 0.717) is 26.4 Å². The Morgan fingerprint density at radius 2 is 1.63 bits per heavy atom. The van der Waals surface area contributed by atoms with E-state index >= 15 is 0 Å². The zero-order valence-electron chi connectivity index (χ0n) is 16.9. The summed E-state index contributed by atoms with van der Waals surface area (Å²) in [6, 6.07) is 8.18. The number of carbonyl (C=O) groups is 1. The van der Waals surface area contributed by atoms with E-state index in [0.717, 1.165) is 47.8 Å². The van der Waals surface area contributed by atoms with Gasteiger partial charge in [-0.2, -0.15) is 0 Å². The van der Waals surface area contributed by atoms with Crippen molar-refractivity contribution in [3.05, 3.63) is 60.2 Å². The summed E-state index contributed by atoms with van der Waals surface area (Å²) in [5.41, 5.74) is 2.35. The minimum Gasteiger partial charge on any atom is -0.490 e. The number of esters is 1. The molecule has 1 heterocycles. The quantitative estimate of drug-likeness (QED) is 0.186. The minimum absolute atomic E-state index is 0.199. The fourth-order valence-corrected chi connectivity index (χ4v) is 3.55. The molecule has 1 saturated heterocycles. The van der Waals surface area contributed by atoms with Crippen LogP contribution in [0.1, 0.15) is 11.1 Å². The lowest BCUT2D eigenvalue weighted by Gasteiger charge is -2.23. The van der Waals surface area contributed by atoms with Gasteiger partial charge in [-0.3, -0.25) is 0 Å². The fraction of sp³-hybridized carbons (Fsp3) is 0.375. The highest BCUT2D eigenvalue weighted by molar-refractivity contribution is 5.96. The van der Waals surface area contributed by atoms with Gasteiger partial charge >= 0.3 is 5.97 Å². The van der Waals surface area contributed by atoms with Crippen molar-refractivity contribution in [1.82, 2.24) is 0 Å². The van der Waals surface area contributed by atoms with Gasteiger partial charge in [-0.25, -0.2) is 4.79 Å². The third-order valence-corrected chi connectivity index (χ3v) is 5.07. The lowest BCUT2D eigenvalue weighted by Crippen LogP contribution is -2.14. The third kappa shape index (κ3) is 4.83. The van der Waals surface area contributed by atoms with Crippen molar-refractivity contribution in [3.8, 4) is 11.5 Å². The summed E-state index contributed by atoms with van der Waals surface area (Å²) in [6.07, 6.45) is 7.32. The molecule has 1 aliphatic carbocycles. The molecule has 0 amide bonds. The number of hydrogen-bond donors (Lipinski definition) is 0. The van der Waals surface area contributed by atoms with Crippen LogP contribution in [-0.4, -0.2) is 51.7 Å². The van der Waals surface area contributed by atoms with Crippen LogP contribution in [0, 0.1) is 0 Å². The summed E-state index contributed by atoms with van der Waals surface area (Å²) in [7, 11) is 0. The maximum Gasteiger partial charge on any atom is 0.330 e. The Morgan fingerprint density at radius 3 is 2.27 bits per heavy atom. The maximum atomic E-state index is 11.0. The number of carbonyl (C=O) groups excluding carboxylic acids is 1. The first-order valence-corrected chi connectivity index (χ1v) is 10.2. The zero-order chi connectivity index (χ0) is 20.8. The Kier molecular flexibility index (Phi) is 6.67. The molecule has 0 bridgehead atoms. The topological polar surface area (TPSA) is 66.5 Å². The van der Waals surface area contributed by atoms with Crippen molar-refractivity contribution in [2.45, 2.75) is 18.9 Å². The second-order valence-corrected chi connectivity index (χ2v) is 7.14. The molecule has 0 spiro atoms. The van der Waals surface area contributed by atoms with Crippen LogP contribution in [0.5, 0.6) is 11.5 Å². The van der Waals surface area contributed by atoms with E-state index in [9.17, 15) is 4.79 Å². The second-order valence-electron chi connectivity index (χ2n) is 7.14. The molecule has 6 nitrogen and oxygen atoms in total. The monoisotopic (exact) mass is 410 g/mol. The van der Waals surface area contributed by atoms with Gasteiger partial charge in [-0.15, -0.1) is 0 Å². The van der Waals surface area contributed by atoms with Crippen molar-refractivity contribution in [2.75, 3.05) is 39.6 Å². The summed E-state index contributed by atoms with van der Waals surface area (Å²) >= 11 is 0. The van der Waals surface area contributed by atoms with Crippen molar-refractivity contribution >= 4 is 16.7 Å². The van der Waals surface area contributed by atoms with Crippen molar-refractivity contribution in [2.24, 2.45) is 0 Å². The minimum atomic E-state index is -0.448. The molecule has 2 aromatic rings. The van der Waals surface area contributed by atoms with E-state index in [1.54, 1.807) is 0 Å². The zero-order valence-corrected chi connectivity index (χ0v) is 16.9. The summed E-state index contributed by atoms with van der Waals surface area (Å²) < 4.78 is 28.1. The Hall–Kier alpha value is -2.83. The Bertz CT molecular complexity index is 944. The first-order chi connectivity index (χ1) is 14.8. The van der Waals surface area contributed by atoms with Gasteiger partial charge in [0.2, 0.25) is 0 Å². The van der Waals surface area contributed by atoms with Gasteiger partial charge in [-0.1, -0.05) is 43.0 Å². The van der Waals surface area contributed by atoms with E-state index in [1.807, 2.05) is 12.1 Å².